The SMILES string of the molecule is COC(=O)[C@]12Oc3c(Cl)c4c(c(O)c3C(O)=C1C(=O)CC[C@H]2O)C1C(=O)C2=C(O)c3c(O)ccc(O)c3C(=O)C2(C4)C2OC12CO. The molecule has 3 fully saturated rings. The summed E-state index contributed by atoms with van der Waals surface area (Å²) >= 11 is 6.92. The molecule has 9 rings (SSSR count). The minimum Gasteiger partial charge on any atom is -0.507 e. The Morgan fingerprint density at radius 3 is 2.33 bits per heavy atom. The predicted octanol–water partition coefficient (Wildman–Crippen LogP) is 1.26. The highest BCUT2D eigenvalue weighted by atomic mass is 35.5. The van der Waals surface area contributed by atoms with E-state index in [-0.39, 0.29) is 24.0 Å². The fourth-order valence-corrected chi connectivity index (χ4v) is 8.69. The Morgan fingerprint density at radius 2 is 1.67 bits per heavy atom. The van der Waals surface area contributed by atoms with Crippen molar-refractivity contribution in [2.24, 2.45) is 5.41 Å². The van der Waals surface area contributed by atoms with Gasteiger partial charge in [0.15, 0.2) is 23.1 Å². The molecule has 0 amide bonds. The Balaban J connectivity index is 1.47. The smallest absolute Gasteiger partial charge is 0.358 e. The highest BCUT2D eigenvalue weighted by Gasteiger charge is 2.81. The zero-order valence-corrected chi connectivity index (χ0v) is 24.3. The Bertz CT molecular complexity index is 1990. The van der Waals surface area contributed by atoms with Crippen LogP contribution in [0.5, 0.6) is 23.0 Å². The second-order valence-corrected chi connectivity index (χ2v) is 12.6. The van der Waals surface area contributed by atoms with Crippen molar-refractivity contribution in [3.05, 3.63) is 56.1 Å². The van der Waals surface area contributed by atoms with Crippen LogP contribution >= 0.6 is 11.6 Å². The average Bonchev–Trinajstić information content (AvgIpc) is 3.80. The fourth-order valence-electron chi connectivity index (χ4n) is 8.39. The number of rotatable bonds is 2. The molecule has 1 spiro atoms. The highest BCUT2D eigenvalue weighted by Crippen LogP contribution is 2.72. The first-order valence-electron chi connectivity index (χ1n) is 14.1. The molecular formula is C31H23ClO14. The molecule has 5 aliphatic carbocycles. The number of benzene rings is 2. The van der Waals surface area contributed by atoms with Gasteiger partial charge in [-0.15, -0.1) is 0 Å². The van der Waals surface area contributed by atoms with Gasteiger partial charge in [0.1, 0.15) is 52.1 Å². The predicted molar refractivity (Wildman–Crippen MR) is 151 cm³/mol. The molecular weight excluding hydrogens is 632 g/mol. The van der Waals surface area contributed by atoms with Crippen LogP contribution in [-0.2, 0) is 30.3 Å². The summed E-state index contributed by atoms with van der Waals surface area (Å²) in [6.07, 6.45) is -4.19. The van der Waals surface area contributed by atoms with Crippen molar-refractivity contribution < 1.29 is 69.1 Å². The molecule has 7 N–H and O–H groups in total. The third kappa shape index (κ3) is 2.82. The topological polar surface area (TPSA) is 241 Å². The maximum absolute atomic E-state index is 14.5. The quantitative estimate of drug-likeness (QED) is 0.137. The van der Waals surface area contributed by atoms with Gasteiger partial charge >= 0.3 is 5.97 Å². The Labute approximate surface area is 262 Å². The first kappa shape index (κ1) is 28.8. The molecule has 238 valence electrons. The van der Waals surface area contributed by atoms with Crippen molar-refractivity contribution in [2.75, 3.05) is 13.7 Å². The van der Waals surface area contributed by atoms with Crippen LogP contribution < -0.4 is 4.74 Å². The van der Waals surface area contributed by atoms with E-state index in [2.05, 4.69) is 0 Å². The number of ether oxygens (including phenoxy) is 3. The second kappa shape index (κ2) is 8.59. The lowest BCUT2D eigenvalue weighted by molar-refractivity contribution is -0.169. The lowest BCUT2D eigenvalue weighted by Crippen LogP contribution is -2.61. The number of fused-ring (bicyclic) bond motifs is 3. The summed E-state index contributed by atoms with van der Waals surface area (Å²) in [6.45, 7) is -0.858. The van der Waals surface area contributed by atoms with Gasteiger partial charge in [-0.25, -0.2) is 4.79 Å². The van der Waals surface area contributed by atoms with Crippen LogP contribution in [-0.4, -0.2) is 96.2 Å². The third-order valence-electron chi connectivity index (χ3n) is 10.4. The summed E-state index contributed by atoms with van der Waals surface area (Å²) in [7, 11) is 0.968. The fraction of sp³-hybridized carbons (Fsp3) is 0.355. The van der Waals surface area contributed by atoms with E-state index in [1.54, 1.807) is 0 Å². The molecule has 15 heteroatoms. The number of hydrogen-bond donors (Lipinski definition) is 7. The molecule has 46 heavy (non-hydrogen) atoms. The lowest BCUT2D eigenvalue weighted by atomic mass is 9.56. The zero-order valence-electron chi connectivity index (χ0n) is 23.6. The van der Waals surface area contributed by atoms with Gasteiger partial charge < -0.3 is 50.0 Å². The first-order chi connectivity index (χ1) is 21.8. The lowest BCUT2D eigenvalue weighted by Gasteiger charge is -2.43. The maximum Gasteiger partial charge on any atom is 0.358 e. The zero-order chi connectivity index (χ0) is 33.0. The van der Waals surface area contributed by atoms with Crippen molar-refractivity contribution in [2.45, 2.75) is 48.6 Å². The van der Waals surface area contributed by atoms with E-state index < -0.39 is 138 Å². The number of aromatic hydroxyl groups is 3. The van der Waals surface area contributed by atoms with Crippen LogP contribution in [0.2, 0.25) is 5.02 Å². The van der Waals surface area contributed by atoms with Crippen molar-refractivity contribution in [1.82, 2.24) is 0 Å². The van der Waals surface area contributed by atoms with Crippen molar-refractivity contribution >= 4 is 46.4 Å². The summed E-state index contributed by atoms with van der Waals surface area (Å²) in [6, 6.07) is 2.04. The number of phenols is 3. The Morgan fingerprint density at radius 1 is 1.02 bits per heavy atom. The molecule has 2 aromatic rings. The van der Waals surface area contributed by atoms with E-state index >= 15 is 0 Å². The maximum atomic E-state index is 14.5. The Kier molecular flexibility index (Phi) is 5.38. The molecule has 2 aromatic carbocycles. The number of aliphatic hydroxyl groups excluding tert-OH is 4. The van der Waals surface area contributed by atoms with Crippen molar-refractivity contribution in [3.8, 4) is 23.0 Å². The minimum absolute atomic E-state index is 0.132. The first-order valence-corrected chi connectivity index (χ1v) is 14.5. The van der Waals surface area contributed by atoms with Gasteiger partial charge in [0.2, 0.25) is 0 Å². The Hall–Kier alpha value is -4.63. The largest absolute Gasteiger partial charge is 0.507 e. The number of halogens is 1. The standard InChI is InChI=1S/C31H23ClO14/c1-44-28(43)31-12(37)5-4-11(36)17(31)23(40)16-21(38)13-8(20(32)25(16)45-31)6-29-19(24(41)18(13)30(7-33)27(29)46-30)22(39)14-9(34)2-3-10(35)15(14)26(29)42/h2-3,12,18,27,33-35,37-40H,4-7H2,1H3/t12-,18?,27?,29?,30?,31-/m1/s1. The van der Waals surface area contributed by atoms with Crippen LogP contribution in [0.3, 0.4) is 0 Å². The summed E-state index contributed by atoms with van der Waals surface area (Å²) < 4.78 is 16.8. The van der Waals surface area contributed by atoms with E-state index in [0.29, 0.717) is 0 Å². The van der Waals surface area contributed by atoms with Gasteiger partial charge in [-0.2, -0.15) is 0 Å². The normalized spacial score (nSPS) is 33.2. The number of epoxide rings is 1. The summed E-state index contributed by atoms with van der Waals surface area (Å²) in [5.41, 5.74) is -9.88. The molecule has 0 aromatic heterocycles. The summed E-state index contributed by atoms with van der Waals surface area (Å²) in [5.74, 6) is -10.1. The van der Waals surface area contributed by atoms with Gasteiger partial charge in [0, 0.05) is 12.0 Å². The number of methoxy groups -OCH3 is 1. The minimum atomic E-state index is -2.59. The molecule has 4 unspecified atom stereocenters. The number of hydrogen-bond acceptors (Lipinski definition) is 14. The number of aliphatic hydroxyl groups is 4. The molecule has 1 saturated heterocycles. The number of esters is 1. The van der Waals surface area contributed by atoms with Crippen molar-refractivity contribution in [3.63, 3.8) is 0 Å². The molecule has 6 atom stereocenters. The van der Waals surface area contributed by atoms with Gasteiger partial charge in [0.25, 0.3) is 5.60 Å². The van der Waals surface area contributed by atoms with Gasteiger partial charge in [-0.05, 0) is 30.5 Å². The number of carbonyl (C=O) groups is 4. The van der Waals surface area contributed by atoms with E-state index in [9.17, 15) is 54.9 Å². The van der Waals surface area contributed by atoms with Crippen molar-refractivity contribution in [1.29, 1.82) is 0 Å². The van der Waals surface area contributed by atoms with Gasteiger partial charge in [-0.1, -0.05) is 11.6 Å². The molecule has 2 aliphatic heterocycles. The summed E-state index contributed by atoms with van der Waals surface area (Å²) in [5, 5.41) is 77.5. The number of Topliss-reactive ketones (excluding diaryl/α,β-unsaturated/α-hetero) is 3. The molecule has 2 bridgehead atoms. The van der Waals surface area contributed by atoms with E-state index in [4.69, 9.17) is 25.8 Å². The third-order valence-corrected chi connectivity index (χ3v) is 10.8. The van der Waals surface area contributed by atoms with Crippen LogP contribution in [0.25, 0.3) is 11.5 Å². The monoisotopic (exact) mass is 654 g/mol. The second-order valence-electron chi connectivity index (χ2n) is 12.3. The average molecular weight is 655 g/mol. The van der Waals surface area contributed by atoms with Crippen LogP contribution in [0.1, 0.15) is 51.4 Å². The molecule has 7 aliphatic rings. The van der Waals surface area contributed by atoms with Crippen LogP contribution in [0.4, 0.5) is 0 Å². The number of ketones is 3. The van der Waals surface area contributed by atoms with E-state index in [1.807, 2.05) is 0 Å². The molecule has 14 nitrogen and oxygen atoms in total. The van der Waals surface area contributed by atoms with E-state index in [1.165, 1.54) is 0 Å². The molecule has 0 radical (unpaired) electrons. The van der Waals surface area contributed by atoms with Crippen LogP contribution in [0, 0.1) is 5.41 Å². The van der Waals surface area contributed by atoms with Crippen LogP contribution in [0.15, 0.2) is 23.3 Å². The van der Waals surface area contributed by atoms with Gasteiger partial charge in [-0.3, -0.25) is 14.4 Å². The molecule has 2 saturated carbocycles. The highest BCUT2D eigenvalue weighted by molar-refractivity contribution is 6.34. The van der Waals surface area contributed by atoms with E-state index in [0.717, 1.165) is 19.2 Å². The number of phenolic OH excluding ortho intramolecular Hbond substituents is 3. The molecule has 2 heterocycles. The number of carbonyl (C=O) groups excluding carboxylic acids is 4. The van der Waals surface area contributed by atoms with Gasteiger partial charge in [0.05, 0.1) is 52.3 Å². The summed E-state index contributed by atoms with van der Waals surface area (Å²) in [4.78, 5) is 55.3.